The van der Waals surface area contributed by atoms with Gasteiger partial charge in [0, 0.05) is 30.3 Å². The summed E-state index contributed by atoms with van der Waals surface area (Å²) in [4.78, 5) is 26.7. The van der Waals surface area contributed by atoms with Crippen LogP contribution in [0.1, 0.15) is 42.3 Å². The van der Waals surface area contributed by atoms with Crippen molar-refractivity contribution in [2.45, 2.75) is 31.7 Å². The molecule has 30 heavy (non-hydrogen) atoms. The van der Waals surface area contributed by atoms with Crippen LogP contribution in [0.15, 0.2) is 47.1 Å². The van der Waals surface area contributed by atoms with Crippen molar-refractivity contribution in [2.24, 2.45) is 5.92 Å². The lowest BCUT2D eigenvalue weighted by Crippen LogP contribution is -2.41. The zero-order valence-electron chi connectivity index (χ0n) is 16.4. The molecule has 2 amide bonds. The van der Waals surface area contributed by atoms with E-state index in [0.29, 0.717) is 37.7 Å². The normalized spacial score (nSPS) is 17.1. The van der Waals surface area contributed by atoms with Crippen molar-refractivity contribution < 1.29 is 14.0 Å². The molecular formula is C21H22N6O3. The molecule has 3 heterocycles. The van der Waals surface area contributed by atoms with Gasteiger partial charge >= 0.3 is 0 Å². The van der Waals surface area contributed by atoms with Crippen LogP contribution in [0.2, 0.25) is 0 Å². The molecule has 0 unspecified atom stereocenters. The fourth-order valence-corrected chi connectivity index (χ4v) is 3.80. The molecule has 0 atom stereocenters. The number of hydrogen-bond donors (Lipinski definition) is 1. The topological polar surface area (TPSA) is 106 Å². The second kappa shape index (κ2) is 7.74. The Kier molecular flexibility index (Phi) is 4.78. The fourth-order valence-electron chi connectivity index (χ4n) is 3.80. The van der Waals surface area contributed by atoms with E-state index in [1.807, 2.05) is 28.9 Å². The third-order valence-corrected chi connectivity index (χ3v) is 5.68. The van der Waals surface area contributed by atoms with Crippen LogP contribution in [0, 0.1) is 5.92 Å². The van der Waals surface area contributed by atoms with Crippen LogP contribution in [0.4, 0.5) is 5.69 Å². The van der Waals surface area contributed by atoms with Crippen molar-refractivity contribution in [3.8, 4) is 11.4 Å². The summed E-state index contributed by atoms with van der Waals surface area (Å²) in [5.41, 5.74) is 1.66. The number of anilines is 1. The number of rotatable bonds is 5. The molecule has 2 aliphatic rings. The molecule has 154 valence electrons. The van der Waals surface area contributed by atoms with Crippen molar-refractivity contribution in [3.05, 3.63) is 48.4 Å². The highest BCUT2D eigenvalue weighted by Crippen LogP contribution is 2.36. The SMILES string of the molecule is O=C(Nc1ccc(-c2nnnn2C2CC2)cc1)C1CCN(C(=O)c2ccco2)CC1. The Hall–Kier alpha value is -3.49. The van der Waals surface area contributed by atoms with Crippen molar-refractivity contribution in [1.29, 1.82) is 0 Å². The molecule has 1 N–H and O–H groups in total. The number of aromatic nitrogens is 4. The number of tetrazole rings is 1. The minimum Gasteiger partial charge on any atom is -0.459 e. The van der Waals surface area contributed by atoms with Crippen molar-refractivity contribution in [1.82, 2.24) is 25.1 Å². The van der Waals surface area contributed by atoms with Gasteiger partial charge in [-0.1, -0.05) is 0 Å². The van der Waals surface area contributed by atoms with E-state index in [0.717, 1.165) is 29.9 Å². The van der Waals surface area contributed by atoms with Crippen molar-refractivity contribution in [3.63, 3.8) is 0 Å². The van der Waals surface area contributed by atoms with Crippen LogP contribution < -0.4 is 5.32 Å². The number of benzene rings is 1. The third-order valence-electron chi connectivity index (χ3n) is 5.68. The average Bonchev–Trinajstić information content (AvgIpc) is 3.27. The number of piperidine rings is 1. The zero-order chi connectivity index (χ0) is 20.5. The first-order valence-corrected chi connectivity index (χ1v) is 10.2. The van der Waals surface area contributed by atoms with Gasteiger partial charge in [-0.05, 0) is 72.5 Å². The number of carbonyl (C=O) groups is 2. The number of furan rings is 1. The molecule has 2 fully saturated rings. The van der Waals surface area contributed by atoms with Crippen LogP contribution in [0.5, 0.6) is 0 Å². The van der Waals surface area contributed by atoms with Gasteiger partial charge in [0.05, 0.1) is 12.3 Å². The lowest BCUT2D eigenvalue weighted by atomic mass is 9.95. The Morgan fingerprint density at radius 1 is 1.03 bits per heavy atom. The third kappa shape index (κ3) is 3.70. The van der Waals surface area contributed by atoms with Gasteiger partial charge in [-0.25, -0.2) is 4.68 Å². The van der Waals surface area contributed by atoms with E-state index >= 15 is 0 Å². The Labute approximate surface area is 173 Å². The van der Waals surface area contributed by atoms with Gasteiger partial charge in [0.1, 0.15) is 0 Å². The molecule has 3 aromatic rings. The highest BCUT2D eigenvalue weighted by atomic mass is 16.3. The predicted molar refractivity (Wildman–Crippen MR) is 107 cm³/mol. The second-order valence-electron chi connectivity index (χ2n) is 7.79. The Balaban J connectivity index is 1.17. The van der Waals surface area contributed by atoms with E-state index in [4.69, 9.17) is 4.42 Å². The summed E-state index contributed by atoms with van der Waals surface area (Å²) >= 11 is 0. The number of nitrogens with zero attached hydrogens (tertiary/aromatic N) is 5. The summed E-state index contributed by atoms with van der Waals surface area (Å²) in [6.07, 6.45) is 4.97. The van der Waals surface area contributed by atoms with Crippen LogP contribution in [-0.4, -0.2) is 50.0 Å². The largest absolute Gasteiger partial charge is 0.459 e. The maximum Gasteiger partial charge on any atom is 0.289 e. The lowest BCUT2D eigenvalue weighted by Gasteiger charge is -2.30. The number of amides is 2. The quantitative estimate of drug-likeness (QED) is 0.698. The van der Waals surface area contributed by atoms with Gasteiger partial charge < -0.3 is 14.6 Å². The van der Waals surface area contributed by atoms with E-state index in [9.17, 15) is 9.59 Å². The van der Waals surface area contributed by atoms with Crippen molar-refractivity contribution in [2.75, 3.05) is 18.4 Å². The number of likely N-dealkylation sites (tertiary alicyclic amines) is 1. The lowest BCUT2D eigenvalue weighted by molar-refractivity contribution is -0.121. The first-order chi connectivity index (χ1) is 14.7. The summed E-state index contributed by atoms with van der Waals surface area (Å²) in [7, 11) is 0. The minimum atomic E-state index is -0.122. The van der Waals surface area contributed by atoms with E-state index in [1.165, 1.54) is 6.26 Å². The first kappa shape index (κ1) is 18.5. The zero-order valence-corrected chi connectivity index (χ0v) is 16.4. The maximum absolute atomic E-state index is 12.7. The summed E-state index contributed by atoms with van der Waals surface area (Å²) in [6.45, 7) is 1.08. The Morgan fingerprint density at radius 2 is 1.80 bits per heavy atom. The summed E-state index contributed by atoms with van der Waals surface area (Å²) < 4.78 is 7.04. The van der Waals surface area contributed by atoms with Gasteiger partial charge in [0.15, 0.2) is 11.6 Å². The molecule has 0 spiro atoms. The average molecular weight is 406 g/mol. The molecule has 5 rings (SSSR count). The van der Waals surface area contributed by atoms with Gasteiger partial charge in [-0.2, -0.15) is 0 Å². The van der Waals surface area contributed by atoms with E-state index in [2.05, 4.69) is 20.8 Å². The molecule has 1 aliphatic carbocycles. The number of hydrogen-bond acceptors (Lipinski definition) is 6. The summed E-state index contributed by atoms with van der Waals surface area (Å²) in [6, 6.07) is 11.3. The van der Waals surface area contributed by atoms with Crippen molar-refractivity contribution >= 4 is 17.5 Å². The highest BCUT2D eigenvalue weighted by molar-refractivity contribution is 5.94. The number of nitrogens with one attached hydrogen (secondary N) is 1. The Morgan fingerprint density at radius 3 is 2.47 bits per heavy atom. The van der Waals surface area contributed by atoms with Crippen LogP contribution >= 0.6 is 0 Å². The minimum absolute atomic E-state index is 0.0179. The fraction of sp³-hybridized carbons (Fsp3) is 0.381. The van der Waals surface area contributed by atoms with Gasteiger partial charge in [-0.15, -0.1) is 5.10 Å². The molecule has 1 aromatic carbocycles. The molecule has 1 saturated heterocycles. The molecule has 9 heteroatoms. The molecular weight excluding hydrogens is 384 g/mol. The molecule has 2 aromatic heterocycles. The Bertz CT molecular complexity index is 1030. The maximum atomic E-state index is 12.7. The summed E-state index contributed by atoms with van der Waals surface area (Å²) in [5.74, 6) is 0.834. The molecule has 1 aliphatic heterocycles. The molecule has 0 radical (unpaired) electrons. The first-order valence-electron chi connectivity index (χ1n) is 10.2. The highest BCUT2D eigenvalue weighted by Gasteiger charge is 2.29. The smallest absolute Gasteiger partial charge is 0.289 e. The number of carbonyl (C=O) groups excluding carboxylic acids is 2. The van der Waals surface area contributed by atoms with Crippen LogP contribution in [-0.2, 0) is 4.79 Å². The van der Waals surface area contributed by atoms with Gasteiger partial charge in [-0.3, -0.25) is 9.59 Å². The van der Waals surface area contributed by atoms with Crippen LogP contribution in [0.25, 0.3) is 11.4 Å². The van der Waals surface area contributed by atoms with Gasteiger partial charge in [0.25, 0.3) is 5.91 Å². The summed E-state index contributed by atoms with van der Waals surface area (Å²) in [5, 5.41) is 15.0. The molecule has 1 saturated carbocycles. The standard InChI is InChI=1S/C21H22N6O3/c28-20(15-9-11-26(12-10-15)21(29)18-2-1-13-30-18)22-16-5-3-14(4-6-16)19-23-24-25-27(19)17-7-8-17/h1-6,13,15,17H,7-12H2,(H,22,28). The van der Waals surface area contributed by atoms with Gasteiger partial charge in [0.2, 0.25) is 5.91 Å². The molecule has 9 nitrogen and oxygen atoms in total. The predicted octanol–water partition coefficient (Wildman–Crippen LogP) is 2.76. The second-order valence-corrected chi connectivity index (χ2v) is 7.79. The van der Waals surface area contributed by atoms with E-state index in [1.54, 1.807) is 17.0 Å². The van der Waals surface area contributed by atoms with E-state index in [-0.39, 0.29) is 17.7 Å². The van der Waals surface area contributed by atoms with Crippen LogP contribution in [0.3, 0.4) is 0 Å². The molecule has 0 bridgehead atoms. The van der Waals surface area contributed by atoms with E-state index < -0.39 is 0 Å². The monoisotopic (exact) mass is 406 g/mol.